The molecule has 1 saturated carbocycles. The normalized spacial score (nSPS) is 19.3. The van der Waals surface area contributed by atoms with E-state index in [4.69, 9.17) is 10.7 Å². The highest BCUT2D eigenvalue weighted by molar-refractivity contribution is 5.54. The molecule has 3 N–H and O–H groups in total. The minimum Gasteiger partial charge on any atom is -0.368 e. The summed E-state index contributed by atoms with van der Waals surface area (Å²) in [6.07, 6.45) is 12.3. The zero-order chi connectivity index (χ0) is 19.6. The maximum absolute atomic E-state index is 5.99. The summed E-state index contributed by atoms with van der Waals surface area (Å²) in [4.78, 5) is 20.0. The van der Waals surface area contributed by atoms with Crippen LogP contribution in [-0.2, 0) is 6.54 Å². The molecule has 3 aromatic heterocycles. The Hall–Kier alpha value is -3.16. The van der Waals surface area contributed by atoms with Gasteiger partial charge in [0.15, 0.2) is 0 Å². The van der Waals surface area contributed by atoms with Crippen molar-refractivity contribution in [3.8, 4) is 0 Å². The second-order valence-corrected chi connectivity index (χ2v) is 7.94. The van der Waals surface area contributed by atoms with E-state index in [1.807, 2.05) is 24.7 Å². The van der Waals surface area contributed by atoms with Gasteiger partial charge in [-0.1, -0.05) is 0 Å². The van der Waals surface area contributed by atoms with Crippen molar-refractivity contribution in [2.75, 3.05) is 29.0 Å². The van der Waals surface area contributed by atoms with Gasteiger partial charge in [-0.3, -0.25) is 4.98 Å². The summed E-state index contributed by atoms with van der Waals surface area (Å²) in [5.74, 6) is 3.54. The molecule has 0 spiro atoms. The number of nitrogens with one attached hydrogen (secondary N) is 1. The predicted octanol–water partition coefficient (Wildman–Crippen LogP) is 2.66. The van der Waals surface area contributed by atoms with Crippen LogP contribution in [-0.4, -0.2) is 43.6 Å². The average molecular weight is 390 g/mol. The largest absolute Gasteiger partial charge is 0.368 e. The molecule has 0 amide bonds. The first-order valence-corrected chi connectivity index (χ1v) is 10.3. The summed E-state index contributed by atoms with van der Waals surface area (Å²) < 4.78 is 2.25. The van der Waals surface area contributed by atoms with Crippen molar-refractivity contribution in [3.63, 3.8) is 0 Å². The van der Waals surface area contributed by atoms with Crippen molar-refractivity contribution in [2.45, 2.75) is 44.2 Å². The topological polar surface area (TPSA) is 97.8 Å². The van der Waals surface area contributed by atoms with Crippen LogP contribution in [0.2, 0.25) is 0 Å². The van der Waals surface area contributed by atoms with E-state index in [2.05, 4.69) is 48.1 Å². The van der Waals surface area contributed by atoms with Crippen LogP contribution in [0.25, 0.3) is 0 Å². The van der Waals surface area contributed by atoms with Gasteiger partial charge in [0, 0.05) is 62.4 Å². The molecule has 2 fully saturated rings. The highest BCUT2D eigenvalue weighted by Gasteiger charge is 2.27. The van der Waals surface area contributed by atoms with Gasteiger partial charge in [-0.25, -0.2) is 4.98 Å². The van der Waals surface area contributed by atoms with Gasteiger partial charge in [0.2, 0.25) is 5.95 Å². The van der Waals surface area contributed by atoms with Gasteiger partial charge >= 0.3 is 0 Å². The molecule has 0 aromatic carbocycles. The maximum atomic E-state index is 5.99. The molecule has 5 rings (SSSR count). The summed E-state index contributed by atoms with van der Waals surface area (Å²) >= 11 is 0. The quantitative estimate of drug-likeness (QED) is 0.668. The van der Waals surface area contributed by atoms with Crippen molar-refractivity contribution >= 4 is 17.6 Å². The standard InChI is InChI=1S/C21H26N8/c22-21-26-18(25-17-3-4-17)12-19(27-21)28-10-1-2-16(14-28)20-24-9-11-29(20)13-15-5-7-23-8-6-15/h5-9,11-12,16-17H,1-4,10,13-14H2,(H3,22,25,26,27)/t16-/m1/s1. The van der Waals surface area contributed by atoms with E-state index < -0.39 is 0 Å². The molecule has 1 atom stereocenters. The highest BCUT2D eigenvalue weighted by Crippen LogP contribution is 2.31. The van der Waals surface area contributed by atoms with E-state index in [1.165, 1.54) is 18.4 Å². The molecule has 3 aromatic rings. The minimum absolute atomic E-state index is 0.326. The van der Waals surface area contributed by atoms with Crippen LogP contribution in [0.3, 0.4) is 0 Å². The van der Waals surface area contributed by atoms with E-state index in [0.717, 1.165) is 49.9 Å². The Bertz CT molecular complexity index is 966. The number of nitrogens with zero attached hydrogens (tertiary/aromatic N) is 6. The van der Waals surface area contributed by atoms with Gasteiger partial charge in [0.25, 0.3) is 0 Å². The fourth-order valence-corrected chi connectivity index (χ4v) is 4.02. The molecule has 150 valence electrons. The van der Waals surface area contributed by atoms with Gasteiger partial charge < -0.3 is 20.5 Å². The molecule has 29 heavy (non-hydrogen) atoms. The number of imidazole rings is 1. The van der Waals surface area contributed by atoms with Crippen molar-refractivity contribution in [1.82, 2.24) is 24.5 Å². The minimum atomic E-state index is 0.326. The monoisotopic (exact) mass is 390 g/mol. The lowest BCUT2D eigenvalue weighted by Crippen LogP contribution is -2.36. The van der Waals surface area contributed by atoms with Crippen LogP contribution in [0.15, 0.2) is 43.0 Å². The Morgan fingerprint density at radius 3 is 2.79 bits per heavy atom. The van der Waals surface area contributed by atoms with Crippen molar-refractivity contribution in [2.24, 2.45) is 0 Å². The fourth-order valence-electron chi connectivity index (χ4n) is 4.02. The molecule has 4 heterocycles. The zero-order valence-corrected chi connectivity index (χ0v) is 16.4. The van der Waals surface area contributed by atoms with Gasteiger partial charge in [0.05, 0.1) is 0 Å². The third kappa shape index (κ3) is 4.16. The number of piperidine rings is 1. The Kier molecular flexibility index (Phi) is 4.75. The van der Waals surface area contributed by atoms with E-state index in [1.54, 1.807) is 0 Å². The van der Waals surface area contributed by atoms with E-state index in [9.17, 15) is 0 Å². The van der Waals surface area contributed by atoms with Gasteiger partial charge in [-0.15, -0.1) is 0 Å². The Balaban J connectivity index is 1.34. The first-order chi connectivity index (χ1) is 14.2. The van der Waals surface area contributed by atoms with Gasteiger partial charge in [-0.2, -0.15) is 9.97 Å². The number of hydrogen-bond acceptors (Lipinski definition) is 7. The summed E-state index contributed by atoms with van der Waals surface area (Å²) in [6.45, 7) is 2.66. The Morgan fingerprint density at radius 1 is 1.10 bits per heavy atom. The number of nitrogens with two attached hydrogens (primary N) is 1. The van der Waals surface area contributed by atoms with Crippen molar-refractivity contribution in [3.05, 3.63) is 54.4 Å². The zero-order valence-electron chi connectivity index (χ0n) is 16.4. The number of hydrogen-bond donors (Lipinski definition) is 2. The van der Waals surface area contributed by atoms with E-state index in [-0.39, 0.29) is 0 Å². The van der Waals surface area contributed by atoms with Crippen LogP contribution < -0.4 is 16.0 Å². The lowest BCUT2D eigenvalue weighted by Gasteiger charge is -2.33. The predicted molar refractivity (Wildman–Crippen MR) is 113 cm³/mol. The number of pyridine rings is 1. The average Bonchev–Trinajstić information content (AvgIpc) is 3.43. The third-order valence-electron chi connectivity index (χ3n) is 5.62. The molecule has 0 bridgehead atoms. The number of nitrogen functional groups attached to an aromatic ring is 1. The Morgan fingerprint density at radius 2 is 1.97 bits per heavy atom. The molecular formula is C21H26N8. The number of rotatable bonds is 6. The molecule has 0 unspecified atom stereocenters. The third-order valence-corrected chi connectivity index (χ3v) is 5.62. The molecule has 8 nitrogen and oxygen atoms in total. The van der Waals surface area contributed by atoms with Crippen LogP contribution in [0.1, 0.15) is 43.0 Å². The maximum Gasteiger partial charge on any atom is 0.223 e. The highest BCUT2D eigenvalue weighted by atomic mass is 15.2. The number of anilines is 3. The summed E-state index contributed by atoms with van der Waals surface area (Å²) in [5.41, 5.74) is 7.22. The second-order valence-electron chi connectivity index (χ2n) is 7.94. The van der Waals surface area contributed by atoms with Crippen LogP contribution >= 0.6 is 0 Å². The summed E-state index contributed by atoms with van der Waals surface area (Å²) in [5, 5.41) is 3.43. The lowest BCUT2D eigenvalue weighted by molar-refractivity contribution is 0.474. The molecule has 1 saturated heterocycles. The second kappa shape index (κ2) is 7.69. The smallest absolute Gasteiger partial charge is 0.223 e. The van der Waals surface area contributed by atoms with E-state index in [0.29, 0.717) is 17.9 Å². The fraction of sp³-hybridized carbons (Fsp3) is 0.429. The molecule has 8 heteroatoms. The van der Waals surface area contributed by atoms with Crippen molar-refractivity contribution in [1.29, 1.82) is 0 Å². The lowest BCUT2D eigenvalue weighted by atomic mass is 9.97. The van der Waals surface area contributed by atoms with Crippen LogP contribution in [0.5, 0.6) is 0 Å². The van der Waals surface area contributed by atoms with Gasteiger partial charge in [-0.05, 0) is 43.4 Å². The summed E-state index contributed by atoms with van der Waals surface area (Å²) in [6, 6.07) is 6.66. The molecule has 0 radical (unpaired) electrons. The van der Waals surface area contributed by atoms with Crippen LogP contribution in [0.4, 0.5) is 17.6 Å². The molecule has 1 aliphatic carbocycles. The first kappa shape index (κ1) is 17.9. The SMILES string of the molecule is Nc1nc(NC2CC2)cc(N2CCC[C@@H](c3nccn3Cc3ccncc3)C2)n1. The first-order valence-electron chi connectivity index (χ1n) is 10.3. The molecule has 1 aliphatic heterocycles. The summed E-state index contributed by atoms with van der Waals surface area (Å²) in [7, 11) is 0. The number of aromatic nitrogens is 5. The van der Waals surface area contributed by atoms with Crippen LogP contribution in [0, 0.1) is 0 Å². The van der Waals surface area contributed by atoms with Crippen molar-refractivity contribution < 1.29 is 0 Å². The van der Waals surface area contributed by atoms with Gasteiger partial charge in [0.1, 0.15) is 17.5 Å². The molecule has 2 aliphatic rings. The molecular weight excluding hydrogens is 364 g/mol. The Labute approximate surface area is 170 Å². The van der Waals surface area contributed by atoms with E-state index >= 15 is 0 Å².